The molecular formula is C18H25ClN2O3. The first-order valence-corrected chi connectivity index (χ1v) is 8.78. The first kappa shape index (κ1) is 18.7. The fraction of sp³-hybridized carbons (Fsp3) is 0.556. The predicted octanol–water partition coefficient (Wildman–Crippen LogP) is 3.60. The maximum atomic E-state index is 12.1. The molecule has 1 aromatic carbocycles. The molecule has 0 radical (unpaired) electrons. The summed E-state index contributed by atoms with van der Waals surface area (Å²) in [5.41, 5.74) is 1.67. The molecule has 0 aromatic heterocycles. The molecule has 5 nitrogen and oxygen atoms in total. The molecule has 1 unspecified atom stereocenters. The lowest BCUT2D eigenvalue weighted by atomic mass is 9.86. The van der Waals surface area contributed by atoms with Gasteiger partial charge in [-0.3, -0.25) is 9.59 Å². The monoisotopic (exact) mass is 352 g/mol. The van der Waals surface area contributed by atoms with E-state index in [9.17, 15) is 9.59 Å². The van der Waals surface area contributed by atoms with Gasteiger partial charge in [-0.05, 0) is 57.2 Å². The van der Waals surface area contributed by atoms with Gasteiger partial charge in [0.2, 0.25) is 5.91 Å². The normalized spacial score (nSPS) is 22.0. The van der Waals surface area contributed by atoms with Crippen molar-refractivity contribution in [2.24, 2.45) is 5.92 Å². The van der Waals surface area contributed by atoms with Crippen molar-refractivity contribution in [3.8, 4) is 0 Å². The average molecular weight is 353 g/mol. The zero-order chi connectivity index (χ0) is 17.7. The van der Waals surface area contributed by atoms with Crippen molar-refractivity contribution in [2.75, 3.05) is 5.32 Å². The number of nitrogens with one attached hydrogen (secondary N) is 2. The summed E-state index contributed by atoms with van der Waals surface area (Å²) in [6.07, 6.45) is 3.46. The number of rotatable bonds is 6. The molecule has 24 heavy (non-hydrogen) atoms. The number of carbonyl (C=O) groups excluding carboxylic acids is 1. The lowest BCUT2D eigenvalue weighted by Gasteiger charge is -2.29. The van der Waals surface area contributed by atoms with Crippen molar-refractivity contribution in [3.05, 3.63) is 28.8 Å². The second-order valence-corrected chi connectivity index (χ2v) is 7.08. The number of carbonyl (C=O) groups is 2. The first-order valence-electron chi connectivity index (χ1n) is 8.40. The summed E-state index contributed by atoms with van der Waals surface area (Å²) in [4.78, 5) is 23.1. The Balaban J connectivity index is 1.75. The number of carboxylic acids is 1. The standard InChI is InChI=1S/C18H25ClN2O3/c1-11-3-6-15(10-16(11)19)21-17(22)9-12(2)20-14-7-4-13(5-8-14)18(23)24/h3,6,10,12-14,20H,4-5,7-9H2,1-2H3,(H,21,22)(H,23,24). The van der Waals surface area contributed by atoms with Gasteiger partial charge in [-0.15, -0.1) is 0 Å². The van der Waals surface area contributed by atoms with Crippen LogP contribution in [0, 0.1) is 12.8 Å². The Morgan fingerprint density at radius 3 is 2.54 bits per heavy atom. The number of benzene rings is 1. The Morgan fingerprint density at radius 2 is 1.96 bits per heavy atom. The average Bonchev–Trinajstić information content (AvgIpc) is 2.51. The minimum Gasteiger partial charge on any atom is -0.481 e. The highest BCUT2D eigenvalue weighted by atomic mass is 35.5. The molecule has 6 heteroatoms. The molecule has 1 amide bonds. The number of aryl methyl sites for hydroxylation is 1. The minimum atomic E-state index is -0.697. The molecule has 1 aromatic rings. The summed E-state index contributed by atoms with van der Waals surface area (Å²) in [6.45, 7) is 3.89. The number of anilines is 1. The van der Waals surface area contributed by atoms with Crippen molar-refractivity contribution in [1.82, 2.24) is 5.32 Å². The van der Waals surface area contributed by atoms with E-state index in [1.807, 2.05) is 26.0 Å². The molecule has 3 N–H and O–H groups in total. The molecule has 0 spiro atoms. The van der Waals surface area contributed by atoms with Crippen LogP contribution in [-0.4, -0.2) is 29.1 Å². The molecule has 0 saturated heterocycles. The summed E-state index contributed by atoms with van der Waals surface area (Å²) in [5.74, 6) is -0.972. The van der Waals surface area contributed by atoms with Crippen LogP contribution in [0.15, 0.2) is 18.2 Å². The molecule has 1 aliphatic rings. The molecule has 1 fully saturated rings. The van der Waals surface area contributed by atoms with E-state index >= 15 is 0 Å². The Kier molecular flexibility index (Phi) is 6.63. The fourth-order valence-electron chi connectivity index (χ4n) is 3.13. The topological polar surface area (TPSA) is 78.4 Å². The highest BCUT2D eigenvalue weighted by Gasteiger charge is 2.26. The van der Waals surface area contributed by atoms with E-state index in [0.717, 1.165) is 18.4 Å². The molecule has 1 atom stereocenters. The van der Waals surface area contributed by atoms with Crippen molar-refractivity contribution in [3.63, 3.8) is 0 Å². The maximum Gasteiger partial charge on any atom is 0.306 e. The maximum absolute atomic E-state index is 12.1. The van der Waals surface area contributed by atoms with Crippen molar-refractivity contribution < 1.29 is 14.7 Å². The number of halogens is 1. The third-order valence-electron chi connectivity index (χ3n) is 4.54. The van der Waals surface area contributed by atoms with Crippen molar-refractivity contribution >= 4 is 29.2 Å². The van der Waals surface area contributed by atoms with Gasteiger partial charge in [0.1, 0.15) is 0 Å². The molecule has 0 heterocycles. The molecule has 132 valence electrons. The highest BCUT2D eigenvalue weighted by Crippen LogP contribution is 2.25. The Labute approximate surface area is 147 Å². The number of hydrogen-bond acceptors (Lipinski definition) is 3. The zero-order valence-corrected chi connectivity index (χ0v) is 14.9. The van der Waals surface area contributed by atoms with Gasteiger partial charge in [0.05, 0.1) is 5.92 Å². The molecule has 0 aliphatic heterocycles. The molecular weight excluding hydrogens is 328 g/mol. The van der Waals surface area contributed by atoms with Crippen LogP contribution < -0.4 is 10.6 Å². The summed E-state index contributed by atoms with van der Waals surface area (Å²) in [5, 5.41) is 15.9. The number of carboxylic acid groups (broad SMARTS) is 1. The summed E-state index contributed by atoms with van der Waals surface area (Å²) < 4.78 is 0. The van der Waals surface area contributed by atoms with Gasteiger partial charge in [-0.25, -0.2) is 0 Å². The van der Waals surface area contributed by atoms with Gasteiger partial charge >= 0.3 is 5.97 Å². The van der Waals surface area contributed by atoms with E-state index in [0.29, 0.717) is 30.0 Å². The van der Waals surface area contributed by atoms with Crippen LogP contribution >= 0.6 is 11.6 Å². The number of hydrogen-bond donors (Lipinski definition) is 3. The first-order chi connectivity index (χ1) is 11.3. The predicted molar refractivity (Wildman–Crippen MR) is 95.4 cm³/mol. The number of amides is 1. The SMILES string of the molecule is Cc1ccc(NC(=O)CC(C)NC2CCC(C(=O)O)CC2)cc1Cl. The van der Waals surface area contributed by atoms with Crippen molar-refractivity contribution in [1.29, 1.82) is 0 Å². The quantitative estimate of drug-likeness (QED) is 0.731. The van der Waals surface area contributed by atoms with Gasteiger partial charge in [-0.2, -0.15) is 0 Å². The van der Waals surface area contributed by atoms with E-state index in [4.69, 9.17) is 16.7 Å². The van der Waals surface area contributed by atoms with Gasteiger partial charge in [-0.1, -0.05) is 17.7 Å². The molecule has 1 aliphatic carbocycles. The summed E-state index contributed by atoms with van der Waals surface area (Å²) >= 11 is 6.06. The highest BCUT2D eigenvalue weighted by molar-refractivity contribution is 6.31. The second-order valence-electron chi connectivity index (χ2n) is 6.67. The van der Waals surface area contributed by atoms with E-state index in [2.05, 4.69) is 10.6 Å². The van der Waals surface area contributed by atoms with E-state index < -0.39 is 5.97 Å². The number of aliphatic carboxylic acids is 1. The largest absolute Gasteiger partial charge is 0.481 e. The van der Waals surface area contributed by atoms with Crippen LogP contribution in [0.25, 0.3) is 0 Å². The van der Waals surface area contributed by atoms with Crippen LogP contribution in [0.1, 0.15) is 44.6 Å². The van der Waals surface area contributed by atoms with Crippen LogP contribution in [-0.2, 0) is 9.59 Å². The molecule has 2 rings (SSSR count). The molecule has 0 bridgehead atoms. The third-order valence-corrected chi connectivity index (χ3v) is 4.95. The van der Waals surface area contributed by atoms with Crippen LogP contribution in [0.3, 0.4) is 0 Å². The van der Waals surface area contributed by atoms with Gasteiger partial charge in [0.25, 0.3) is 0 Å². The van der Waals surface area contributed by atoms with E-state index in [1.54, 1.807) is 6.07 Å². The van der Waals surface area contributed by atoms with Gasteiger partial charge in [0.15, 0.2) is 0 Å². The van der Waals surface area contributed by atoms with Crippen molar-refractivity contribution in [2.45, 2.75) is 58.0 Å². The lowest BCUT2D eigenvalue weighted by Crippen LogP contribution is -2.41. The minimum absolute atomic E-state index is 0.0392. The van der Waals surface area contributed by atoms with Crippen LogP contribution in [0.4, 0.5) is 5.69 Å². The third kappa shape index (κ3) is 5.49. The second kappa shape index (κ2) is 8.49. The van der Waals surface area contributed by atoms with Crippen LogP contribution in [0.5, 0.6) is 0 Å². The van der Waals surface area contributed by atoms with E-state index in [-0.39, 0.29) is 23.9 Å². The van der Waals surface area contributed by atoms with E-state index in [1.165, 1.54) is 0 Å². The lowest BCUT2D eigenvalue weighted by molar-refractivity contribution is -0.142. The van der Waals surface area contributed by atoms with Crippen LogP contribution in [0.2, 0.25) is 5.02 Å². The summed E-state index contributed by atoms with van der Waals surface area (Å²) in [6, 6.07) is 5.79. The molecule has 1 saturated carbocycles. The zero-order valence-electron chi connectivity index (χ0n) is 14.1. The summed E-state index contributed by atoms with van der Waals surface area (Å²) in [7, 11) is 0. The fourth-order valence-corrected chi connectivity index (χ4v) is 3.31. The smallest absolute Gasteiger partial charge is 0.306 e. The Bertz CT molecular complexity index is 598. The Morgan fingerprint density at radius 1 is 1.29 bits per heavy atom. The van der Waals surface area contributed by atoms with Gasteiger partial charge < -0.3 is 15.7 Å². The van der Waals surface area contributed by atoms with Gasteiger partial charge in [0, 0.05) is 29.2 Å². The Hall–Kier alpha value is -1.59.